The first-order valence-corrected chi connectivity index (χ1v) is 11.4. The number of rotatable bonds is 7. The van der Waals surface area contributed by atoms with Crippen molar-refractivity contribution in [1.82, 2.24) is 29.0 Å². The van der Waals surface area contributed by atoms with Gasteiger partial charge in [-0.25, -0.2) is 9.97 Å². The molecule has 0 aliphatic heterocycles. The molecular weight excluding hydrogens is 452 g/mol. The smallest absolute Gasteiger partial charge is 0.231 e. The third-order valence-corrected chi connectivity index (χ3v) is 6.11. The molecule has 0 aromatic carbocycles. The number of imidazole rings is 2. The van der Waals surface area contributed by atoms with Crippen molar-refractivity contribution in [3.8, 4) is 0 Å². The van der Waals surface area contributed by atoms with Gasteiger partial charge in [0.05, 0.1) is 48.1 Å². The van der Waals surface area contributed by atoms with E-state index < -0.39 is 0 Å². The molecule has 0 spiro atoms. The molecule has 0 bridgehead atoms. The molecule has 0 radical (unpaired) electrons. The van der Waals surface area contributed by atoms with Crippen LogP contribution in [0, 0.1) is 0 Å². The second-order valence-electron chi connectivity index (χ2n) is 8.47. The number of hydrogen-bond donors (Lipinski definition) is 2. The van der Waals surface area contributed by atoms with Gasteiger partial charge >= 0.3 is 0 Å². The number of anilines is 2. The van der Waals surface area contributed by atoms with E-state index in [0.717, 1.165) is 22.5 Å². The highest BCUT2D eigenvalue weighted by atomic mass is 35.5. The van der Waals surface area contributed by atoms with E-state index in [1.165, 1.54) is 18.4 Å². The van der Waals surface area contributed by atoms with Gasteiger partial charge in [0.2, 0.25) is 5.91 Å². The first-order chi connectivity index (χ1) is 16.6. The highest BCUT2D eigenvalue weighted by molar-refractivity contribution is 6.30. The summed E-state index contributed by atoms with van der Waals surface area (Å²) >= 11 is 6.08. The fourth-order valence-corrected chi connectivity index (χ4v) is 4.17. The van der Waals surface area contributed by atoms with Crippen LogP contribution in [-0.4, -0.2) is 34.9 Å². The van der Waals surface area contributed by atoms with Gasteiger partial charge in [-0.05, 0) is 42.5 Å². The molecule has 1 amide bonds. The van der Waals surface area contributed by atoms with Crippen LogP contribution in [0.4, 0.5) is 11.5 Å². The summed E-state index contributed by atoms with van der Waals surface area (Å²) in [6.07, 6.45) is 11.9. The predicted molar refractivity (Wildman–Crippen MR) is 129 cm³/mol. The largest absolute Gasteiger partial charge is 0.378 e. The molecule has 5 heterocycles. The number of carbonyl (C=O) groups is 1. The highest BCUT2D eigenvalue weighted by Gasteiger charge is 2.23. The summed E-state index contributed by atoms with van der Waals surface area (Å²) in [7, 11) is 0. The maximum atomic E-state index is 12.6. The Kier molecular flexibility index (Phi) is 5.10. The molecule has 5 aromatic rings. The van der Waals surface area contributed by atoms with Crippen LogP contribution < -0.4 is 10.6 Å². The van der Waals surface area contributed by atoms with Gasteiger partial charge in [0.15, 0.2) is 5.82 Å². The molecule has 2 N–H and O–H groups in total. The van der Waals surface area contributed by atoms with E-state index in [-0.39, 0.29) is 12.3 Å². The van der Waals surface area contributed by atoms with E-state index in [4.69, 9.17) is 11.6 Å². The Bertz CT molecular complexity index is 1520. The van der Waals surface area contributed by atoms with Crippen molar-refractivity contribution in [2.45, 2.75) is 31.7 Å². The lowest BCUT2D eigenvalue weighted by atomic mass is 10.2. The van der Waals surface area contributed by atoms with Crippen molar-refractivity contribution < 1.29 is 4.79 Å². The molecule has 170 valence electrons. The number of aromatic nitrogens is 6. The molecule has 6 rings (SSSR count). The van der Waals surface area contributed by atoms with E-state index in [9.17, 15) is 4.79 Å². The average Bonchev–Trinajstić information content (AvgIpc) is 3.49. The number of fused-ring (bicyclic) bond motifs is 2. The van der Waals surface area contributed by atoms with Crippen LogP contribution in [0.25, 0.3) is 11.2 Å². The normalized spacial score (nSPS) is 13.4. The minimum absolute atomic E-state index is 0.0975. The molecule has 1 aliphatic rings. The summed E-state index contributed by atoms with van der Waals surface area (Å²) in [4.78, 5) is 21.6. The zero-order valence-corrected chi connectivity index (χ0v) is 18.9. The van der Waals surface area contributed by atoms with Crippen molar-refractivity contribution in [2.24, 2.45) is 0 Å². The van der Waals surface area contributed by atoms with E-state index in [2.05, 4.69) is 53.5 Å². The lowest BCUT2D eigenvalue weighted by Gasteiger charge is -2.07. The number of pyridine rings is 2. The van der Waals surface area contributed by atoms with Gasteiger partial charge in [-0.15, -0.1) is 5.10 Å². The Morgan fingerprint density at radius 1 is 1.15 bits per heavy atom. The molecule has 9 nitrogen and oxygen atoms in total. The van der Waals surface area contributed by atoms with Crippen molar-refractivity contribution in [1.29, 1.82) is 0 Å². The second-order valence-corrected chi connectivity index (χ2v) is 8.91. The first-order valence-electron chi connectivity index (χ1n) is 11.1. The maximum absolute atomic E-state index is 12.6. The molecule has 1 fully saturated rings. The third-order valence-electron chi connectivity index (χ3n) is 5.88. The van der Waals surface area contributed by atoms with Crippen LogP contribution >= 0.6 is 11.6 Å². The molecule has 10 heteroatoms. The summed E-state index contributed by atoms with van der Waals surface area (Å²) in [6, 6.07) is 9.53. The molecule has 1 aliphatic carbocycles. The van der Waals surface area contributed by atoms with E-state index in [1.807, 2.05) is 16.8 Å². The highest BCUT2D eigenvalue weighted by Crippen LogP contribution is 2.39. The first kappa shape index (κ1) is 20.6. The summed E-state index contributed by atoms with van der Waals surface area (Å²) in [5, 5.41) is 14.7. The zero-order valence-electron chi connectivity index (χ0n) is 18.1. The van der Waals surface area contributed by atoms with E-state index in [1.54, 1.807) is 30.7 Å². The second kappa shape index (κ2) is 8.42. The van der Waals surface area contributed by atoms with Gasteiger partial charge in [0, 0.05) is 29.7 Å². The topological polar surface area (TPSA) is 102 Å². The fraction of sp³-hybridized carbons (Fsp3) is 0.208. The Morgan fingerprint density at radius 3 is 2.94 bits per heavy atom. The Labute approximate surface area is 199 Å². The molecule has 1 saturated carbocycles. The van der Waals surface area contributed by atoms with Crippen LogP contribution in [0.2, 0.25) is 5.02 Å². The molecule has 34 heavy (non-hydrogen) atoms. The van der Waals surface area contributed by atoms with Crippen LogP contribution in [0.1, 0.15) is 35.7 Å². The summed E-state index contributed by atoms with van der Waals surface area (Å²) in [5.74, 6) is 0.828. The number of nitrogens with zero attached hydrogens (tertiary/aromatic N) is 6. The van der Waals surface area contributed by atoms with Crippen molar-refractivity contribution >= 4 is 40.2 Å². The van der Waals surface area contributed by atoms with Gasteiger partial charge in [-0.3, -0.25) is 4.79 Å². The van der Waals surface area contributed by atoms with Gasteiger partial charge < -0.3 is 19.4 Å². The van der Waals surface area contributed by atoms with Crippen LogP contribution in [0.5, 0.6) is 0 Å². The van der Waals surface area contributed by atoms with Crippen LogP contribution in [-0.2, 0) is 17.8 Å². The van der Waals surface area contributed by atoms with E-state index >= 15 is 0 Å². The molecule has 5 aromatic heterocycles. The van der Waals surface area contributed by atoms with E-state index in [0.29, 0.717) is 29.0 Å². The summed E-state index contributed by atoms with van der Waals surface area (Å²) in [5.41, 5.74) is 5.38. The fourth-order valence-electron chi connectivity index (χ4n) is 4.01. The van der Waals surface area contributed by atoms with Gasteiger partial charge in [-0.1, -0.05) is 17.7 Å². The predicted octanol–water partition coefficient (Wildman–Crippen LogP) is 4.10. The van der Waals surface area contributed by atoms with Crippen LogP contribution in [0.15, 0.2) is 61.4 Å². The molecule has 0 atom stereocenters. The number of hydrogen-bond acceptors (Lipinski definition) is 6. The van der Waals surface area contributed by atoms with Gasteiger partial charge in [0.1, 0.15) is 5.65 Å². The summed E-state index contributed by atoms with van der Waals surface area (Å²) < 4.78 is 3.90. The molecular formula is C24H21ClN8O. The number of amides is 1. The standard InChI is InChI=1S/C24H21ClN8O/c25-17-5-6-32-14-27-20(21(32)7-17)9-24(34)30-22-8-18(11-28-31-22)26-10-19-13-33-12-16(15-1-2-15)3-4-23(33)29-19/h3-8,11-15H,1-2,9-10H2,(H2,26,30,31,34). The average molecular weight is 473 g/mol. The number of carbonyl (C=O) groups excluding carboxylic acids is 1. The monoisotopic (exact) mass is 472 g/mol. The van der Waals surface area contributed by atoms with Crippen LogP contribution in [0.3, 0.4) is 0 Å². The minimum Gasteiger partial charge on any atom is -0.378 e. The maximum Gasteiger partial charge on any atom is 0.231 e. The van der Waals surface area contributed by atoms with Crippen molar-refractivity contribution in [3.63, 3.8) is 0 Å². The zero-order chi connectivity index (χ0) is 23.1. The quantitative estimate of drug-likeness (QED) is 0.370. The lowest BCUT2D eigenvalue weighted by Crippen LogP contribution is -2.16. The lowest BCUT2D eigenvalue weighted by molar-refractivity contribution is -0.115. The van der Waals surface area contributed by atoms with Crippen molar-refractivity contribution in [2.75, 3.05) is 10.6 Å². The number of nitrogens with one attached hydrogen (secondary N) is 2. The SMILES string of the molecule is O=C(Cc1ncn2ccc(Cl)cc12)Nc1cc(NCc2cn3cc(C4CC4)ccc3n2)cnn1. The molecule has 0 saturated heterocycles. The Hall–Kier alpha value is -3.98. The van der Waals surface area contributed by atoms with Gasteiger partial charge in [0.25, 0.3) is 0 Å². The molecule has 0 unspecified atom stereocenters. The number of halogens is 1. The Morgan fingerprint density at radius 2 is 2.06 bits per heavy atom. The van der Waals surface area contributed by atoms with Gasteiger partial charge in [-0.2, -0.15) is 5.10 Å². The summed E-state index contributed by atoms with van der Waals surface area (Å²) in [6.45, 7) is 0.529. The van der Waals surface area contributed by atoms with Crippen molar-refractivity contribution in [3.05, 3.63) is 83.4 Å². The third kappa shape index (κ3) is 4.29. The minimum atomic E-state index is -0.237. The Balaban J connectivity index is 1.10.